The van der Waals surface area contributed by atoms with Crippen LogP contribution in [0.25, 0.3) is 21.7 Å². The van der Waals surface area contributed by atoms with Crippen LogP contribution in [0.15, 0.2) is 47.1 Å². The van der Waals surface area contributed by atoms with E-state index in [0.29, 0.717) is 23.0 Å². The Bertz CT molecular complexity index is 1380. The summed E-state index contributed by atoms with van der Waals surface area (Å²) in [6.45, 7) is -0.140. The van der Waals surface area contributed by atoms with Gasteiger partial charge in [-0.2, -0.15) is 0 Å². The zero-order valence-corrected chi connectivity index (χ0v) is 16.9. The van der Waals surface area contributed by atoms with Crippen molar-refractivity contribution in [2.75, 3.05) is 17.7 Å². The van der Waals surface area contributed by atoms with Crippen molar-refractivity contribution < 1.29 is 14.3 Å². The average molecular weight is 412 g/mol. The third-order valence-corrected chi connectivity index (χ3v) is 5.27. The van der Waals surface area contributed by atoms with Crippen molar-refractivity contribution in [3.8, 4) is 11.8 Å². The van der Waals surface area contributed by atoms with Crippen LogP contribution in [-0.2, 0) is 11.4 Å². The van der Waals surface area contributed by atoms with Crippen LogP contribution in [-0.4, -0.2) is 28.0 Å². The number of fused-ring (bicyclic) bond motifs is 2. The second-order valence-corrected chi connectivity index (χ2v) is 7.52. The van der Waals surface area contributed by atoms with Gasteiger partial charge in [-0.3, -0.25) is 4.79 Å². The number of carbonyl (C=O) groups is 1. The molecular formula is C24H20N4O3. The Hall–Kier alpha value is -3.89. The van der Waals surface area contributed by atoms with E-state index in [0.717, 1.165) is 40.1 Å². The summed E-state index contributed by atoms with van der Waals surface area (Å²) in [5.74, 6) is 8.22. The van der Waals surface area contributed by atoms with Gasteiger partial charge in [-0.1, -0.05) is 11.8 Å². The molecule has 0 atom stereocenters. The van der Waals surface area contributed by atoms with E-state index in [1.807, 2.05) is 24.3 Å². The van der Waals surface area contributed by atoms with Crippen LogP contribution in [0.1, 0.15) is 29.7 Å². The molecule has 4 aromatic rings. The lowest BCUT2D eigenvalue weighted by Crippen LogP contribution is -2.14. The molecule has 1 amide bonds. The Kier molecular flexibility index (Phi) is 4.77. The minimum atomic E-state index is -0.140. The monoisotopic (exact) mass is 412 g/mol. The summed E-state index contributed by atoms with van der Waals surface area (Å²) >= 11 is 0. The fourth-order valence-electron chi connectivity index (χ4n) is 3.47. The van der Waals surface area contributed by atoms with Crippen LogP contribution < -0.4 is 10.6 Å². The highest BCUT2D eigenvalue weighted by Gasteiger charge is 2.29. The number of amides is 1. The normalized spacial score (nSPS) is 13.1. The number of rotatable bonds is 4. The molecule has 3 heterocycles. The number of nitrogens with one attached hydrogen (secondary N) is 2. The Morgan fingerprint density at radius 1 is 1.16 bits per heavy atom. The molecule has 5 rings (SSSR count). The van der Waals surface area contributed by atoms with E-state index in [9.17, 15) is 9.90 Å². The van der Waals surface area contributed by atoms with E-state index in [-0.39, 0.29) is 18.4 Å². The average Bonchev–Trinajstić information content (AvgIpc) is 3.56. The van der Waals surface area contributed by atoms with Gasteiger partial charge >= 0.3 is 0 Å². The summed E-state index contributed by atoms with van der Waals surface area (Å²) in [5.41, 5.74) is 2.27. The SMILES string of the molecule is CNc1ncc(C#Cc2ccc3oc(CO)cc3c2)c2cc(NC(=O)C3CC3)ncc12. The van der Waals surface area contributed by atoms with Gasteiger partial charge in [0.25, 0.3) is 0 Å². The molecule has 0 aliphatic heterocycles. The fraction of sp³-hybridized carbons (Fsp3) is 0.208. The van der Waals surface area contributed by atoms with Crippen LogP contribution in [0.3, 0.4) is 0 Å². The molecule has 1 aliphatic carbocycles. The number of aliphatic hydroxyl groups excluding tert-OH is 1. The second-order valence-electron chi connectivity index (χ2n) is 7.52. The molecule has 7 nitrogen and oxygen atoms in total. The minimum Gasteiger partial charge on any atom is -0.459 e. The Balaban J connectivity index is 1.53. The highest BCUT2D eigenvalue weighted by Crippen LogP contribution is 2.31. The van der Waals surface area contributed by atoms with Crippen molar-refractivity contribution in [1.29, 1.82) is 0 Å². The maximum absolute atomic E-state index is 12.1. The molecule has 1 fully saturated rings. The van der Waals surface area contributed by atoms with Gasteiger partial charge in [-0.05, 0) is 43.2 Å². The van der Waals surface area contributed by atoms with Gasteiger partial charge in [0.15, 0.2) is 0 Å². The summed E-state index contributed by atoms with van der Waals surface area (Å²) in [7, 11) is 1.80. The maximum atomic E-state index is 12.1. The maximum Gasteiger partial charge on any atom is 0.228 e. The van der Waals surface area contributed by atoms with Crippen LogP contribution in [0.4, 0.5) is 11.6 Å². The molecule has 7 heteroatoms. The second kappa shape index (κ2) is 7.74. The third kappa shape index (κ3) is 3.81. The summed E-state index contributed by atoms with van der Waals surface area (Å²) in [4.78, 5) is 21.0. The first-order valence-corrected chi connectivity index (χ1v) is 10.1. The van der Waals surface area contributed by atoms with Gasteiger partial charge in [-0.25, -0.2) is 9.97 Å². The Morgan fingerprint density at radius 3 is 2.81 bits per heavy atom. The van der Waals surface area contributed by atoms with Crippen molar-refractivity contribution in [3.05, 3.63) is 59.6 Å². The third-order valence-electron chi connectivity index (χ3n) is 5.27. The smallest absolute Gasteiger partial charge is 0.228 e. The molecule has 0 unspecified atom stereocenters. The van der Waals surface area contributed by atoms with E-state index >= 15 is 0 Å². The first-order valence-electron chi connectivity index (χ1n) is 10.1. The lowest BCUT2D eigenvalue weighted by Gasteiger charge is -2.09. The van der Waals surface area contributed by atoms with Gasteiger partial charge in [-0.15, -0.1) is 0 Å². The van der Waals surface area contributed by atoms with Crippen LogP contribution >= 0.6 is 0 Å². The highest BCUT2D eigenvalue weighted by molar-refractivity contribution is 5.99. The molecule has 1 aromatic carbocycles. The summed E-state index contributed by atoms with van der Waals surface area (Å²) in [5, 5.41) is 17.8. The molecule has 3 N–H and O–H groups in total. The van der Waals surface area contributed by atoms with E-state index in [1.165, 1.54) is 0 Å². The van der Waals surface area contributed by atoms with Gasteiger partial charge < -0.3 is 20.2 Å². The van der Waals surface area contributed by atoms with E-state index < -0.39 is 0 Å². The first kappa shape index (κ1) is 19.1. The van der Waals surface area contributed by atoms with Gasteiger partial charge in [0, 0.05) is 47.1 Å². The van der Waals surface area contributed by atoms with E-state index in [2.05, 4.69) is 32.4 Å². The lowest BCUT2D eigenvalue weighted by atomic mass is 10.1. The standard InChI is InChI=1S/C24H20N4O3/c1-25-23-20-12-26-22(28-24(30)15-5-6-15)10-19(20)16(11-27-23)4-2-14-3-7-21-17(8-14)9-18(13-29)31-21/h3,7-12,15,29H,5-6,13H2,1H3,(H,25,27)(H,26,28,30). The van der Waals surface area contributed by atoms with E-state index in [4.69, 9.17) is 4.42 Å². The number of aliphatic hydroxyl groups is 1. The lowest BCUT2D eigenvalue weighted by molar-refractivity contribution is -0.117. The van der Waals surface area contributed by atoms with Crippen LogP contribution in [0.5, 0.6) is 0 Å². The van der Waals surface area contributed by atoms with Crippen LogP contribution in [0.2, 0.25) is 0 Å². The molecule has 1 aliphatic rings. The van der Waals surface area contributed by atoms with Crippen molar-refractivity contribution >= 4 is 39.3 Å². The molecule has 0 spiro atoms. The molecule has 1 saturated carbocycles. The highest BCUT2D eigenvalue weighted by atomic mass is 16.4. The molecule has 0 bridgehead atoms. The van der Waals surface area contributed by atoms with Crippen molar-refractivity contribution in [1.82, 2.24) is 9.97 Å². The summed E-state index contributed by atoms with van der Waals surface area (Å²) < 4.78 is 5.53. The predicted molar refractivity (Wildman–Crippen MR) is 119 cm³/mol. The first-order chi connectivity index (χ1) is 15.1. The molecule has 0 radical (unpaired) electrons. The van der Waals surface area contributed by atoms with Crippen molar-refractivity contribution in [2.45, 2.75) is 19.4 Å². The molecular weight excluding hydrogens is 392 g/mol. The predicted octanol–water partition coefficient (Wildman–Crippen LogP) is 3.66. The number of carbonyl (C=O) groups excluding carboxylic acids is 1. The fourth-order valence-corrected chi connectivity index (χ4v) is 3.47. The zero-order chi connectivity index (χ0) is 21.4. The number of anilines is 2. The number of hydrogen-bond acceptors (Lipinski definition) is 6. The molecule has 3 aromatic heterocycles. The quantitative estimate of drug-likeness (QED) is 0.443. The largest absolute Gasteiger partial charge is 0.459 e. The number of pyridine rings is 2. The molecule has 0 saturated heterocycles. The van der Waals surface area contributed by atoms with E-state index in [1.54, 1.807) is 25.5 Å². The number of aromatic nitrogens is 2. The minimum absolute atomic E-state index is 0.0121. The number of hydrogen-bond donors (Lipinski definition) is 3. The van der Waals surface area contributed by atoms with Crippen LogP contribution in [0, 0.1) is 17.8 Å². The van der Waals surface area contributed by atoms with Gasteiger partial charge in [0.05, 0.1) is 5.56 Å². The van der Waals surface area contributed by atoms with Gasteiger partial charge in [0.1, 0.15) is 29.6 Å². The Morgan fingerprint density at radius 2 is 2.03 bits per heavy atom. The van der Waals surface area contributed by atoms with Crippen molar-refractivity contribution in [3.63, 3.8) is 0 Å². The number of furan rings is 1. The van der Waals surface area contributed by atoms with Crippen molar-refractivity contribution in [2.24, 2.45) is 5.92 Å². The zero-order valence-electron chi connectivity index (χ0n) is 16.9. The van der Waals surface area contributed by atoms with Gasteiger partial charge in [0.2, 0.25) is 5.91 Å². The topological polar surface area (TPSA) is 100 Å². The number of benzene rings is 1. The molecule has 31 heavy (non-hydrogen) atoms. The summed E-state index contributed by atoms with van der Waals surface area (Å²) in [6, 6.07) is 9.29. The Labute approximate surface area is 178 Å². The molecule has 154 valence electrons. The summed E-state index contributed by atoms with van der Waals surface area (Å²) in [6.07, 6.45) is 5.29. The number of nitrogens with zero attached hydrogens (tertiary/aromatic N) is 2.